The molecule has 0 bridgehead atoms. The Bertz CT molecular complexity index is 546. The second-order valence-corrected chi connectivity index (χ2v) is 4.54. The molecule has 2 aromatic heterocycles. The van der Waals surface area contributed by atoms with Gasteiger partial charge in [-0.05, 0) is 37.4 Å². The molecule has 5 heteroatoms. The van der Waals surface area contributed by atoms with Crippen molar-refractivity contribution in [1.29, 1.82) is 0 Å². The van der Waals surface area contributed by atoms with Crippen molar-refractivity contribution in [1.82, 2.24) is 14.5 Å². The average molecular weight is 258 g/mol. The van der Waals surface area contributed by atoms with Crippen molar-refractivity contribution in [2.75, 3.05) is 0 Å². The van der Waals surface area contributed by atoms with Crippen LogP contribution in [0.1, 0.15) is 24.6 Å². The van der Waals surface area contributed by atoms with Crippen molar-refractivity contribution in [3.8, 4) is 0 Å². The molecule has 2 heterocycles. The zero-order chi connectivity index (χ0) is 11.9. The predicted molar refractivity (Wildman–Crippen MR) is 67.3 cm³/mol. The molecule has 2 aromatic rings. The molecule has 0 aliphatic rings. The summed E-state index contributed by atoms with van der Waals surface area (Å²) >= 11 is 12.0. The predicted octanol–water partition coefficient (Wildman–Crippen LogP) is 3.76. The molecule has 0 fully saturated rings. The highest BCUT2D eigenvalue weighted by Crippen LogP contribution is 2.29. The minimum atomic E-state index is 0.203. The normalized spacial score (nSPS) is 11.3. The highest BCUT2D eigenvalue weighted by Gasteiger charge is 2.16. The van der Waals surface area contributed by atoms with E-state index >= 15 is 0 Å². The average Bonchev–Trinajstić information content (AvgIpc) is 2.44. The lowest BCUT2D eigenvalue weighted by atomic mass is 10.2. The first-order valence-corrected chi connectivity index (χ1v) is 6.00. The number of aryl methyl sites for hydroxylation is 2. The molecule has 86 valence electrons. The van der Waals surface area contributed by atoms with E-state index in [1.54, 1.807) is 0 Å². The molecule has 0 aliphatic heterocycles. The summed E-state index contributed by atoms with van der Waals surface area (Å²) in [6.07, 6.45) is 1.04. The Hall–Kier alpha value is -0.800. The van der Waals surface area contributed by atoms with Crippen molar-refractivity contribution in [2.24, 2.45) is 0 Å². The zero-order valence-corrected chi connectivity index (χ0v) is 11.0. The van der Waals surface area contributed by atoms with Gasteiger partial charge in [-0.2, -0.15) is 0 Å². The van der Waals surface area contributed by atoms with E-state index in [4.69, 9.17) is 23.2 Å². The van der Waals surface area contributed by atoms with Gasteiger partial charge in [0.1, 0.15) is 5.52 Å². The van der Waals surface area contributed by atoms with E-state index < -0.39 is 0 Å². The van der Waals surface area contributed by atoms with Crippen LogP contribution in [-0.2, 0) is 6.54 Å². The summed E-state index contributed by atoms with van der Waals surface area (Å²) in [6, 6.07) is 0. The smallest absolute Gasteiger partial charge is 0.224 e. The fraction of sp³-hybridized carbons (Fsp3) is 0.455. The maximum atomic E-state index is 6.13. The van der Waals surface area contributed by atoms with Crippen molar-refractivity contribution in [3.63, 3.8) is 0 Å². The van der Waals surface area contributed by atoms with Crippen LogP contribution in [0.3, 0.4) is 0 Å². The lowest BCUT2D eigenvalue weighted by molar-refractivity contribution is 0.683. The van der Waals surface area contributed by atoms with Crippen molar-refractivity contribution >= 4 is 34.2 Å². The van der Waals surface area contributed by atoms with E-state index in [-0.39, 0.29) is 5.28 Å². The van der Waals surface area contributed by atoms with Crippen LogP contribution in [0.5, 0.6) is 0 Å². The molecule has 0 aliphatic carbocycles. The monoisotopic (exact) mass is 257 g/mol. The summed E-state index contributed by atoms with van der Waals surface area (Å²) in [7, 11) is 0. The maximum absolute atomic E-state index is 6.13. The largest absolute Gasteiger partial charge is 0.341 e. The highest BCUT2D eigenvalue weighted by molar-refractivity contribution is 6.35. The quantitative estimate of drug-likeness (QED) is 0.606. The van der Waals surface area contributed by atoms with Gasteiger partial charge in [0.2, 0.25) is 5.28 Å². The Labute approximate surface area is 104 Å². The Morgan fingerprint density at radius 2 is 1.88 bits per heavy atom. The van der Waals surface area contributed by atoms with Crippen LogP contribution in [-0.4, -0.2) is 14.5 Å². The van der Waals surface area contributed by atoms with E-state index in [0.29, 0.717) is 5.15 Å². The zero-order valence-electron chi connectivity index (χ0n) is 9.51. The molecule has 0 radical (unpaired) electrons. The van der Waals surface area contributed by atoms with Gasteiger partial charge < -0.3 is 4.57 Å². The van der Waals surface area contributed by atoms with Gasteiger partial charge >= 0.3 is 0 Å². The van der Waals surface area contributed by atoms with E-state index in [2.05, 4.69) is 28.4 Å². The molecule has 0 N–H and O–H groups in total. The Balaban J connectivity index is 2.85. The number of hydrogen-bond acceptors (Lipinski definition) is 2. The number of fused-ring (bicyclic) bond motifs is 1. The molecular weight excluding hydrogens is 245 g/mol. The number of halogens is 2. The number of hydrogen-bond donors (Lipinski definition) is 0. The van der Waals surface area contributed by atoms with Crippen molar-refractivity contribution < 1.29 is 0 Å². The molecule has 0 unspecified atom stereocenters. The minimum absolute atomic E-state index is 0.203. The van der Waals surface area contributed by atoms with E-state index in [1.165, 1.54) is 5.69 Å². The third-order valence-corrected chi connectivity index (χ3v) is 3.27. The summed E-state index contributed by atoms with van der Waals surface area (Å²) in [5, 5.41) is 0.633. The molecule has 0 aromatic carbocycles. The van der Waals surface area contributed by atoms with E-state index in [1.807, 2.05) is 6.92 Å². The Kier molecular flexibility index (Phi) is 3.08. The lowest BCUT2D eigenvalue weighted by Gasteiger charge is -2.06. The van der Waals surface area contributed by atoms with Gasteiger partial charge in [0.25, 0.3) is 0 Å². The van der Waals surface area contributed by atoms with Crippen LogP contribution < -0.4 is 0 Å². The third kappa shape index (κ3) is 1.68. The minimum Gasteiger partial charge on any atom is -0.341 e. The number of nitrogens with zero attached hydrogens (tertiary/aromatic N) is 3. The highest BCUT2D eigenvalue weighted by atomic mass is 35.5. The Morgan fingerprint density at radius 3 is 2.50 bits per heavy atom. The lowest BCUT2D eigenvalue weighted by Crippen LogP contribution is -2.00. The van der Waals surface area contributed by atoms with E-state index in [0.717, 1.165) is 29.6 Å². The second kappa shape index (κ2) is 4.22. The molecule has 2 rings (SSSR count). The molecule has 0 amide bonds. The number of aromatic nitrogens is 3. The van der Waals surface area contributed by atoms with E-state index in [9.17, 15) is 0 Å². The summed E-state index contributed by atoms with van der Waals surface area (Å²) in [4.78, 5) is 8.25. The first-order valence-electron chi connectivity index (χ1n) is 5.24. The number of rotatable bonds is 2. The van der Waals surface area contributed by atoms with Gasteiger partial charge in [-0.15, -0.1) is 0 Å². The molecule has 0 saturated heterocycles. The molecule has 0 atom stereocenters. The molecule has 16 heavy (non-hydrogen) atoms. The first kappa shape index (κ1) is 11.7. The van der Waals surface area contributed by atoms with Crippen LogP contribution in [0.2, 0.25) is 10.4 Å². The van der Waals surface area contributed by atoms with Gasteiger partial charge in [-0.1, -0.05) is 18.5 Å². The van der Waals surface area contributed by atoms with Gasteiger partial charge in [0.05, 0.1) is 5.52 Å². The summed E-state index contributed by atoms with van der Waals surface area (Å²) < 4.78 is 2.16. The molecule has 0 spiro atoms. The third-order valence-electron chi connectivity index (χ3n) is 2.83. The SMILES string of the molecule is CCCn1c(C)c(C)c2nc(Cl)nc(Cl)c21. The molecule has 0 saturated carbocycles. The summed E-state index contributed by atoms with van der Waals surface area (Å²) in [5.41, 5.74) is 4.05. The standard InChI is InChI=1S/C11H13Cl2N3/c1-4-5-16-7(3)6(2)8-9(16)10(12)15-11(13)14-8/h4-5H2,1-3H3. The summed E-state index contributed by atoms with van der Waals surface area (Å²) in [6.45, 7) is 7.15. The second-order valence-electron chi connectivity index (χ2n) is 3.84. The van der Waals surface area contributed by atoms with Crippen LogP contribution in [0.25, 0.3) is 11.0 Å². The van der Waals surface area contributed by atoms with Crippen LogP contribution in [0, 0.1) is 13.8 Å². The fourth-order valence-corrected chi connectivity index (χ4v) is 2.43. The van der Waals surface area contributed by atoms with Gasteiger partial charge in [0, 0.05) is 12.2 Å². The van der Waals surface area contributed by atoms with Crippen molar-refractivity contribution in [3.05, 3.63) is 21.7 Å². The fourth-order valence-electron chi connectivity index (χ4n) is 1.95. The molecule has 3 nitrogen and oxygen atoms in total. The van der Waals surface area contributed by atoms with Crippen LogP contribution in [0.15, 0.2) is 0 Å². The Morgan fingerprint density at radius 1 is 1.19 bits per heavy atom. The van der Waals surface area contributed by atoms with Gasteiger partial charge in [0.15, 0.2) is 5.15 Å². The summed E-state index contributed by atoms with van der Waals surface area (Å²) in [5.74, 6) is 0. The van der Waals surface area contributed by atoms with Gasteiger partial charge in [-0.25, -0.2) is 9.97 Å². The molecular formula is C11H13Cl2N3. The first-order chi connectivity index (χ1) is 7.56. The topological polar surface area (TPSA) is 30.7 Å². The van der Waals surface area contributed by atoms with Crippen molar-refractivity contribution in [2.45, 2.75) is 33.7 Å². The van der Waals surface area contributed by atoms with Gasteiger partial charge in [-0.3, -0.25) is 0 Å². The maximum Gasteiger partial charge on any atom is 0.224 e. The van der Waals surface area contributed by atoms with Crippen LogP contribution >= 0.6 is 23.2 Å². The van der Waals surface area contributed by atoms with Crippen LogP contribution in [0.4, 0.5) is 0 Å².